The van der Waals surface area contributed by atoms with Crippen molar-refractivity contribution in [1.29, 1.82) is 0 Å². The Morgan fingerprint density at radius 2 is 1.93 bits per heavy atom. The first-order valence-corrected chi connectivity index (χ1v) is 10.6. The highest BCUT2D eigenvalue weighted by Crippen LogP contribution is 2.35. The van der Waals surface area contributed by atoms with Gasteiger partial charge in [-0.25, -0.2) is 0 Å². The minimum Gasteiger partial charge on any atom is -0.335 e. The third-order valence-corrected chi connectivity index (χ3v) is 6.36. The second-order valence-electron chi connectivity index (χ2n) is 7.83. The van der Waals surface area contributed by atoms with E-state index in [2.05, 4.69) is 56.6 Å². The Morgan fingerprint density at radius 3 is 2.63 bits per heavy atom. The highest BCUT2D eigenvalue weighted by atomic mass is 32.1. The highest BCUT2D eigenvalue weighted by molar-refractivity contribution is 7.03. The lowest BCUT2D eigenvalue weighted by Gasteiger charge is -2.34. The van der Waals surface area contributed by atoms with E-state index in [1.807, 2.05) is 4.90 Å². The molecule has 2 aliphatic rings. The number of nitrogens with zero attached hydrogens (tertiary/aromatic N) is 5. The zero-order valence-electron chi connectivity index (χ0n) is 15.9. The summed E-state index contributed by atoms with van der Waals surface area (Å²) in [4.78, 5) is 20.0. The Morgan fingerprint density at radius 1 is 1.11 bits per heavy atom. The zero-order valence-corrected chi connectivity index (χ0v) is 16.7. The van der Waals surface area contributed by atoms with Gasteiger partial charge >= 0.3 is 0 Å². The normalized spacial score (nSPS) is 24.4. The monoisotopic (exact) mass is 385 g/mol. The number of likely N-dealkylation sites (tertiary alicyclic amines) is 1. The molecule has 0 bridgehead atoms. The molecule has 1 amide bonds. The second kappa shape index (κ2) is 8.04. The van der Waals surface area contributed by atoms with Crippen LogP contribution in [0.1, 0.15) is 29.4 Å². The number of benzene rings is 1. The maximum Gasteiger partial charge on any atom is 0.275 e. The van der Waals surface area contributed by atoms with Crippen molar-refractivity contribution in [2.75, 3.05) is 45.8 Å². The maximum atomic E-state index is 13.0. The molecular weight excluding hydrogens is 358 g/mol. The molecular formula is C20H27N5OS. The molecule has 1 spiro atoms. The average molecular weight is 386 g/mol. The van der Waals surface area contributed by atoms with Crippen LogP contribution in [0.3, 0.4) is 0 Å². The predicted molar refractivity (Wildman–Crippen MR) is 107 cm³/mol. The van der Waals surface area contributed by atoms with E-state index in [1.165, 1.54) is 17.1 Å². The van der Waals surface area contributed by atoms with Crippen LogP contribution in [-0.2, 0) is 6.54 Å². The average Bonchev–Trinajstić information content (AvgIpc) is 3.32. The van der Waals surface area contributed by atoms with E-state index in [4.69, 9.17) is 0 Å². The third-order valence-electron chi connectivity index (χ3n) is 5.85. The SMILES string of the molecule is CCN1CCC2(C1)CN(Cc1ccccc1)CCN(C(=O)c1csnn1)C2. The molecule has 1 aromatic carbocycles. The molecule has 0 N–H and O–H groups in total. The highest BCUT2D eigenvalue weighted by Gasteiger charge is 2.43. The van der Waals surface area contributed by atoms with Crippen LogP contribution in [0.15, 0.2) is 35.7 Å². The molecule has 2 aliphatic heterocycles. The number of hydrogen-bond donors (Lipinski definition) is 0. The van der Waals surface area contributed by atoms with Crippen molar-refractivity contribution >= 4 is 17.4 Å². The van der Waals surface area contributed by atoms with Gasteiger partial charge in [0.05, 0.1) is 0 Å². The molecule has 1 aromatic heterocycles. The van der Waals surface area contributed by atoms with Gasteiger partial charge in [-0.05, 0) is 36.6 Å². The van der Waals surface area contributed by atoms with Gasteiger partial charge < -0.3 is 9.80 Å². The fraction of sp³-hybridized carbons (Fsp3) is 0.550. The van der Waals surface area contributed by atoms with Gasteiger partial charge in [0.25, 0.3) is 5.91 Å². The number of rotatable bonds is 4. The van der Waals surface area contributed by atoms with Crippen molar-refractivity contribution in [2.45, 2.75) is 19.9 Å². The number of aromatic nitrogens is 2. The molecule has 0 aliphatic carbocycles. The van der Waals surface area contributed by atoms with Crippen molar-refractivity contribution in [3.05, 3.63) is 47.0 Å². The van der Waals surface area contributed by atoms with E-state index in [-0.39, 0.29) is 11.3 Å². The first-order valence-electron chi connectivity index (χ1n) is 9.72. The Labute approximate surface area is 164 Å². The van der Waals surface area contributed by atoms with Crippen molar-refractivity contribution in [2.24, 2.45) is 5.41 Å². The number of carbonyl (C=O) groups excluding carboxylic acids is 1. The van der Waals surface area contributed by atoms with E-state index in [9.17, 15) is 4.79 Å². The summed E-state index contributed by atoms with van der Waals surface area (Å²) in [7, 11) is 0. The van der Waals surface area contributed by atoms with Gasteiger partial charge in [0, 0.05) is 50.1 Å². The molecule has 3 heterocycles. The van der Waals surface area contributed by atoms with Crippen molar-refractivity contribution in [3.63, 3.8) is 0 Å². The molecule has 4 rings (SSSR count). The summed E-state index contributed by atoms with van der Waals surface area (Å²) < 4.78 is 3.87. The lowest BCUT2D eigenvalue weighted by Crippen LogP contribution is -2.44. The van der Waals surface area contributed by atoms with Gasteiger partial charge in [0.1, 0.15) is 0 Å². The van der Waals surface area contributed by atoms with E-state index in [0.29, 0.717) is 5.69 Å². The van der Waals surface area contributed by atoms with Crippen LogP contribution in [0, 0.1) is 5.41 Å². The van der Waals surface area contributed by atoms with Crippen LogP contribution in [0.2, 0.25) is 0 Å². The summed E-state index contributed by atoms with van der Waals surface area (Å²) >= 11 is 1.24. The van der Waals surface area contributed by atoms with Gasteiger partial charge in [-0.3, -0.25) is 9.69 Å². The van der Waals surface area contributed by atoms with Crippen molar-refractivity contribution < 1.29 is 4.79 Å². The first-order chi connectivity index (χ1) is 13.2. The number of hydrogen-bond acceptors (Lipinski definition) is 6. The number of carbonyl (C=O) groups is 1. The van der Waals surface area contributed by atoms with Gasteiger partial charge in [-0.2, -0.15) is 0 Å². The molecule has 2 fully saturated rings. The molecule has 27 heavy (non-hydrogen) atoms. The Bertz CT molecular complexity index is 753. The van der Waals surface area contributed by atoms with Crippen LogP contribution < -0.4 is 0 Å². The second-order valence-corrected chi connectivity index (χ2v) is 8.44. The Balaban J connectivity index is 1.55. The predicted octanol–water partition coefficient (Wildman–Crippen LogP) is 2.21. The standard InChI is InChI=1S/C20H27N5OS/c1-2-23-9-8-20(14-23)15-24(12-17-6-4-3-5-7-17)10-11-25(16-20)19(26)18-13-27-22-21-18/h3-7,13H,2,8-12,14-16H2,1H3. The van der Waals surface area contributed by atoms with Crippen LogP contribution in [0.5, 0.6) is 0 Å². The van der Waals surface area contributed by atoms with Crippen LogP contribution >= 0.6 is 11.5 Å². The molecule has 1 atom stereocenters. The zero-order chi connectivity index (χ0) is 18.7. The third kappa shape index (κ3) is 4.20. The summed E-state index contributed by atoms with van der Waals surface area (Å²) in [6, 6.07) is 10.6. The summed E-state index contributed by atoms with van der Waals surface area (Å²) in [6.45, 7) is 9.91. The fourth-order valence-electron chi connectivity index (χ4n) is 4.47. The van der Waals surface area contributed by atoms with Crippen molar-refractivity contribution in [3.8, 4) is 0 Å². The molecule has 1 unspecified atom stereocenters. The summed E-state index contributed by atoms with van der Waals surface area (Å²) in [6.07, 6.45) is 1.14. The topological polar surface area (TPSA) is 52.6 Å². The van der Waals surface area contributed by atoms with Gasteiger partial charge in [0.2, 0.25) is 0 Å². The molecule has 0 radical (unpaired) electrons. The smallest absolute Gasteiger partial charge is 0.275 e. The van der Waals surface area contributed by atoms with Gasteiger partial charge in [0.15, 0.2) is 5.69 Å². The van der Waals surface area contributed by atoms with Crippen LogP contribution in [0.25, 0.3) is 0 Å². The molecule has 6 nitrogen and oxygen atoms in total. The van der Waals surface area contributed by atoms with E-state index < -0.39 is 0 Å². The quantitative estimate of drug-likeness (QED) is 0.808. The Hall–Kier alpha value is -1.83. The molecule has 0 saturated carbocycles. The van der Waals surface area contributed by atoms with E-state index in [0.717, 1.165) is 58.8 Å². The minimum atomic E-state index is 0.0274. The van der Waals surface area contributed by atoms with Gasteiger partial charge in [-0.1, -0.05) is 41.7 Å². The lowest BCUT2D eigenvalue weighted by molar-refractivity contribution is 0.0690. The van der Waals surface area contributed by atoms with Gasteiger partial charge in [-0.15, -0.1) is 5.10 Å². The largest absolute Gasteiger partial charge is 0.335 e. The first kappa shape index (κ1) is 18.5. The molecule has 144 valence electrons. The van der Waals surface area contributed by atoms with E-state index >= 15 is 0 Å². The summed E-state index contributed by atoms with van der Waals surface area (Å²) in [5.41, 5.74) is 1.96. The van der Waals surface area contributed by atoms with Crippen LogP contribution in [-0.4, -0.2) is 76.0 Å². The molecule has 2 saturated heterocycles. The lowest BCUT2D eigenvalue weighted by atomic mass is 9.86. The molecule has 2 aromatic rings. The fourth-order valence-corrected chi connectivity index (χ4v) is 4.91. The van der Waals surface area contributed by atoms with Crippen molar-refractivity contribution in [1.82, 2.24) is 24.3 Å². The van der Waals surface area contributed by atoms with Crippen LogP contribution in [0.4, 0.5) is 0 Å². The summed E-state index contributed by atoms with van der Waals surface area (Å²) in [5.74, 6) is 0.0274. The maximum absolute atomic E-state index is 13.0. The van der Waals surface area contributed by atoms with E-state index in [1.54, 1.807) is 5.38 Å². The molecule has 7 heteroatoms. The minimum absolute atomic E-state index is 0.0274. The summed E-state index contributed by atoms with van der Waals surface area (Å²) in [5, 5.41) is 5.77. The number of amides is 1. The Kier molecular flexibility index (Phi) is 5.52.